The van der Waals surface area contributed by atoms with Crippen LogP contribution in [-0.2, 0) is 15.1 Å². The van der Waals surface area contributed by atoms with Gasteiger partial charge in [-0.3, -0.25) is 4.98 Å². The van der Waals surface area contributed by atoms with Gasteiger partial charge in [-0.15, -0.1) is 0 Å². The zero-order chi connectivity index (χ0) is 13.1. The van der Waals surface area contributed by atoms with Gasteiger partial charge in [0.15, 0.2) is 5.60 Å². The molecule has 17 heavy (non-hydrogen) atoms. The number of carboxylic acids is 1. The molecule has 1 aromatic heterocycles. The van der Waals surface area contributed by atoms with Gasteiger partial charge in [0.05, 0.1) is 5.60 Å². The molecule has 1 N–H and O–H groups in total. The minimum absolute atomic E-state index is 0.497. The molecular formula is C13H19NO3. The van der Waals surface area contributed by atoms with Gasteiger partial charge in [0, 0.05) is 18.0 Å². The molecule has 0 bridgehead atoms. The smallest absolute Gasteiger partial charge is 0.340 e. The summed E-state index contributed by atoms with van der Waals surface area (Å²) in [6.45, 7) is 7.28. The zero-order valence-electron chi connectivity index (χ0n) is 10.7. The van der Waals surface area contributed by atoms with E-state index >= 15 is 0 Å². The predicted molar refractivity (Wildman–Crippen MR) is 64.7 cm³/mol. The molecule has 1 unspecified atom stereocenters. The molecule has 0 saturated carbocycles. The Morgan fingerprint density at radius 2 is 2.12 bits per heavy atom. The van der Waals surface area contributed by atoms with Crippen molar-refractivity contribution in [2.24, 2.45) is 0 Å². The average molecular weight is 237 g/mol. The van der Waals surface area contributed by atoms with E-state index in [1.807, 2.05) is 20.8 Å². The van der Waals surface area contributed by atoms with Crippen LogP contribution in [0, 0.1) is 0 Å². The SMILES string of the molecule is CCC(C)(C)OC(C)(C(=O)O)c1cccnc1. The maximum atomic E-state index is 11.5. The number of pyridine rings is 1. The lowest BCUT2D eigenvalue weighted by molar-refractivity contribution is -0.186. The van der Waals surface area contributed by atoms with Crippen molar-refractivity contribution in [1.29, 1.82) is 0 Å². The summed E-state index contributed by atoms with van der Waals surface area (Å²) in [7, 11) is 0. The maximum absolute atomic E-state index is 11.5. The Morgan fingerprint density at radius 3 is 2.53 bits per heavy atom. The van der Waals surface area contributed by atoms with Crippen molar-refractivity contribution in [1.82, 2.24) is 4.98 Å². The Labute approximate surface area is 102 Å². The molecule has 1 rings (SSSR count). The van der Waals surface area contributed by atoms with Crippen molar-refractivity contribution in [2.45, 2.75) is 45.3 Å². The third kappa shape index (κ3) is 3.03. The number of rotatable bonds is 5. The minimum atomic E-state index is -1.37. The monoisotopic (exact) mass is 237 g/mol. The number of aliphatic carboxylic acids is 1. The topological polar surface area (TPSA) is 59.4 Å². The molecule has 0 fully saturated rings. The summed E-state index contributed by atoms with van der Waals surface area (Å²) < 4.78 is 5.78. The molecule has 0 amide bonds. The Hall–Kier alpha value is -1.42. The number of nitrogens with zero attached hydrogens (tertiary/aromatic N) is 1. The highest BCUT2D eigenvalue weighted by molar-refractivity contribution is 5.78. The maximum Gasteiger partial charge on any atom is 0.340 e. The van der Waals surface area contributed by atoms with Crippen LogP contribution in [0.4, 0.5) is 0 Å². The highest BCUT2D eigenvalue weighted by Crippen LogP contribution is 2.31. The van der Waals surface area contributed by atoms with Crippen LogP contribution >= 0.6 is 0 Å². The molecule has 94 valence electrons. The van der Waals surface area contributed by atoms with E-state index in [2.05, 4.69) is 4.98 Å². The van der Waals surface area contributed by atoms with Crippen molar-refractivity contribution in [3.05, 3.63) is 30.1 Å². The first kappa shape index (κ1) is 13.6. The Kier molecular flexibility index (Phi) is 3.88. The molecule has 0 aromatic carbocycles. The molecule has 4 heteroatoms. The summed E-state index contributed by atoms with van der Waals surface area (Å²) in [6, 6.07) is 3.42. The Morgan fingerprint density at radius 1 is 1.47 bits per heavy atom. The third-order valence-electron chi connectivity index (χ3n) is 2.95. The standard InChI is InChI=1S/C13H19NO3/c1-5-12(2,3)17-13(4,11(15)16)10-7-6-8-14-9-10/h6-9H,5H2,1-4H3,(H,15,16). The first-order valence-electron chi connectivity index (χ1n) is 5.66. The highest BCUT2D eigenvalue weighted by atomic mass is 16.5. The molecule has 0 aliphatic rings. The molecule has 1 atom stereocenters. The molecule has 4 nitrogen and oxygen atoms in total. The number of hydrogen-bond donors (Lipinski definition) is 1. The van der Waals surface area contributed by atoms with Gasteiger partial charge in [-0.05, 0) is 33.3 Å². The van der Waals surface area contributed by atoms with E-state index in [4.69, 9.17) is 4.74 Å². The van der Waals surface area contributed by atoms with Gasteiger partial charge < -0.3 is 9.84 Å². The van der Waals surface area contributed by atoms with E-state index < -0.39 is 17.2 Å². The average Bonchev–Trinajstić information content (AvgIpc) is 2.29. The van der Waals surface area contributed by atoms with Gasteiger partial charge in [0.1, 0.15) is 0 Å². The number of aromatic nitrogens is 1. The molecule has 0 radical (unpaired) electrons. The van der Waals surface area contributed by atoms with E-state index in [0.29, 0.717) is 5.56 Å². The lowest BCUT2D eigenvalue weighted by Gasteiger charge is -2.35. The molecule has 0 aliphatic heterocycles. The first-order chi connectivity index (χ1) is 7.82. The normalized spacial score (nSPS) is 15.3. The fourth-order valence-corrected chi connectivity index (χ4v) is 1.50. The van der Waals surface area contributed by atoms with Crippen molar-refractivity contribution in [2.75, 3.05) is 0 Å². The number of carboxylic acid groups (broad SMARTS) is 1. The summed E-state index contributed by atoms with van der Waals surface area (Å²) in [4.78, 5) is 15.4. The van der Waals surface area contributed by atoms with Crippen LogP contribution in [0.25, 0.3) is 0 Å². The zero-order valence-corrected chi connectivity index (χ0v) is 10.7. The van der Waals surface area contributed by atoms with Crippen molar-refractivity contribution < 1.29 is 14.6 Å². The van der Waals surface area contributed by atoms with Gasteiger partial charge in [0.2, 0.25) is 0 Å². The minimum Gasteiger partial charge on any atom is -0.479 e. The van der Waals surface area contributed by atoms with Gasteiger partial charge in [-0.1, -0.05) is 13.0 Å². The summed E-state index contributed by atoms with van der Waals surface area (Å²) in [5.41, 5.74) is -1.31. The van der Waals surface area contributed by atoms with Crippen LogP contribution in [0.5, 0.6) is 0 Å². The van der Waals surface area contributed by atoms with Gasteiger partial charge in [0.25, 0.3) is 0 Å². The van der Waals surface area contributed by atoms with E-state index in [9.17, 15) is 9.90 Å². The summed E-state index contributed by atoms with van der Waals surface area (Å²) in [5.74, 6) is -1.01. The Bertz CT molecular complexity index is 389. The lowest BCUT2D eigenvalue weighted by Crippen LogP contribution is -2.42. The highest BCUT2D eigenvalue weighted by Gasteiger charge is 2.41. The second kappa shape index (κ2) is 4.84. The largest absolute Gasteiger partial charge is 0.479 e. The van der Waals surface area contributed by atoms with Crippen molar-refractivity contribution >= 4 is 5.97 Å². The summed E-state index contributed by atoms with van der Waals surface area (Å²) in [6.07, 6.45) is 3.87. The molecular weight excluding hydrogens is 218 g/mol. The third-order valence-corrected chi connectivity index (χ3v) is 2.95. The predicted octanol–water partition coefficient (Wildman–Crippen LogP) is 2.59. The van der Waals surface area contributed by atoms with Crippen LogP contribution < -0.4 is 0 Å². The van der Waals surface area contributed by atoms with Gasteiger partial charge in [-0.2, -0.15) is 0 Å². The van der Waals surface area contributed by atoms with E-state index in [1.54, 1.807) is 25.3 Å². The second-order valence-corrected chi connectivity index (χ2v) is 4.80. The first-order valence-corrected chi connectivity index (χ1v) is 5.66. The van der Waals surface area contributed by atoms with E-state index in [1.165, 1.54) is 6.20 Å². The summed E-state index contributed by atoms with van der Waals surface area (Å²) >= 11 is 0. The molecule has 0 spiro atoms. The molecule has 1 heterocycles. The van der Waals surface area contributed by atoms with Crippen LogP contribution in [0.3, 0.4) is 0 Å². The summed E-state index contributed by atoms with van der Waals surface area (Å²) in [5, 5.41) is 9.39. The van der Waals surface area contributed by atoms with Crippen LogP contribution in [0.1, 0.15) is 39.7 Å². The lowest BCUT2D eigenvalue weighted by atomic mass is 9.95. The van der Waals surface area contributed by atoms with Gasteiger partial charge in [-0.25, -0.2) is 4.79 Å². The molecule has 1 aromatic rings. The van der Waals surface area contributed by atoms with Crippen LogP contribution in [-0.4, -0.2) is 21.7 Å². The number of hydrogen-bond acceptors (Lipinski definition) is 3. The van der Waals surface area contributed by atoms with Gasteiger partial charge >= 0.3 is 5.97 Å². The van der Waals surface area contributed by atoms with E-state index in [-0.39, 0.29) is 0 Å². The number of ether oxygens (including phenoxy) is 1. The van der Waals surface area contributed by atoms with Crippen molar-refractivity contribution in [3.8, 4) is 0 Å². The number of carbonyl (C=O) groups is 1. The second-order valence-electron chi connectivity index (χ2n) is 4.80. The fourth-order valence-electron chi connectivity index (χ4n) is 1.50. The quantitative estimate of drug-likeness (QED) is 0.855. The molecule has 0 saturated heterocycles. The van der Waals surface area contributed by atoms with Crippen LogP contribution in [0.15, 0.2) is 24.5 Å². The van der Waals surface area contributed by atoms with Crippen LogP contribution in [0.2, 0.25) is 0 Å². The molecule has 0 aliphatic carbocycles. The Balaban J connectivity index is 3.12. The van der Waals surface area contributed by atoms with E-state index in [0.717, 1.165) is 6.42 Å². The fraction of sp³-hybridized carbons (Fsp3) is 0.538. The van der Waals surface area contributed by atoms with Crippen molar-refractivity contribution in [3.63, 3.8) is 0 Å².